The van der Waals surface area contributed by atoms with Crippen molar-refractivity contribution in [3.05, 3.63) is 27.4 Å². The number of hydrogen-bond donors (Lipinski definition) is 0. The molecule has 0 spiro atoms. The number of aromatic nitrogens is 1. The summed E-state index contributed by atoms with van der Waals surface area (Å²) in [5.41, 5.74) is -0.173. The van der Waals surface area contributed by atoms with Crippen LogP contribution >= 0.6 is 23.4 Å². The maximum atomic E-state index is 10.9. The molecule has 6 nitrogen and oxygen atoms in total. The quantitative estimate of drug-likeness (QED) is 0.356. The first-order chi connectivity index (χ1) is 7.79. The molecule has 0 N–H and O–H groups in total. The van der Waals surface area contributed by atoms with E-state index >= 15 is 0 Å². The number of nitro groups is 1. The number of pyridine rings is 1. The van der Waals surface area contributed by atoms with Crippen LogP contribution in [0.15, 0.2) is 17.2 Å². The van der Waals surface area contributed by atoms with Gasteiger partial charge in [0.1, 0.15) is 15.0 Å². The number of halogens is 1. The molecule has 0 aliphatic rings. The molecule has 0 fully saturated rings. The fourth-order valence-corrected chi connectivity index (χ4v) is 3.33. The molecule has 0 aliphatic heterocycles. The normalized spacial score (nSPS) is 11.4. The minimum atomic E-state index is -3.09. The van der Waals surface area contributed by atoms with Gasteiger partial charge < -0.3 is 0 Å². The third kappa shape index (κ3) is 4.88. The zero-order valence-electron chi connectivity index (χ0n) is 8.79. The van der Waals surface area contributed by atoms with Crippen LogP contribution in [-0.2, 0) is 9.84 Å². The molecule has 1 aromatic heterocycles. The van der Waals surface area contributed by atoms with Crippen molar-refractivity contribution in [2.75, 3.05) is 17.8 Å². The highest BCUT2D eigenvalue weighted by Crippen LogP contribution is 2.28. The Morgan fingerprint density at radius 3 is 2.71 bits per heavy atom. The molecule has 0 aromatic carbocycles. The summed E-state index contributed by atoms with van der Waals surface area (Å²) >= 11 is 6.63. The third-order valence-corrected chi connectivity index (χ3v) is 4.09. The SMILES string of the molecule is CS(=O)(=O)CCSc1nc(Cl)ccc1[N+](=O)[O-]. The Hall–Kier alpha value is -0.860. The van der Waals surface area contributed by atoms with E-state index in [0.29, 0.717) is 0 Å². The molecule has 0 atom stereocenters. The van der Waals surface area contributed by atoms with Crippen molar-refractivity contribution in [3.63, 3.8) is 0 Å². The number of hydrogen-bond acceptors (Lipinski definition) is 6. The van der Waals surface area contributed by atoms with Crippen LogP contribution in [0.3, 0.4) is 0 Å². The minimum absolute atomic E-state index is 0.0665. The Balaban J connectivity index is 2.82. The fraction of sp³-hybridized carbons (Fsp3) is 0.375. The first kappa shape index (κ1) is 14.2. The predicted molar refractivity (Wildman–Crippen MR) is 66.3 cm³/mol. The Bertz CT molecular complexity index is 532. The van der Waals surface area contributed by atoms with Crippen molar-refractivity contribution >= 4 is 38.9 Å². The third-order valence-electron chi connectivity index (χ3n) is 1.70. The summed E-state index contributed by atoms with van der Waals surface area (Å²) in [5.74, 6) is 0.135. The first-order valence-corrected chi connectivity index (χ1v) is 7.83. The Labute approximate surface area is 107 Å². The van der Waals surface area contributed by atoms with E-state index in [1.807, 2.05) is 0 Å². The van der Waals surface area contributed by atoms with Gasteiger partial charge in [-0.1, -0.05) is 23.4 Å². The van der Waals surface area contributed by atoms with Crippen molar-refractivity contribution in [2.24, 2.45) is 0 Å². The zero-order chi connectivity index (χ0) is 13.1. The highest BCUT2D eigenvalue weighted by molar-refractivity contribution is 8.00. The van der Waals surface area contributed by atoms with Crippen LogP contribution in [0, 0.1) is 10.1 Å². The van der Waals surface area contributed by atoms with Crippen molar-refractivity contribution < 1.29 is 13.3 Å². The monoisotopic (exact) mass is 296 g/mol. The standard InChI is InChI=1S/C8H9ClN2O4S2/c1-17(14,15)5-4-16-8-6(11(12)13)2-3-7(9)10-8/h2-3H,4-5H2,1H3. The molecule has 94 valence electrons. The second-order valence-corrected chi connectivity index (χ2v) is 6.92. The summed E-state index contributed by atoms with van der Waals surface area (Å²) in [6, 6.07) is 2.57. The molecule has 0 radical (unpaired) electrons. The molecule has 0 saturated carbocycles. The molecule has 0 bridgehead atoms. The summed E-state index contributed by atoms with van der Waals surface area (Å²) in [7, 11) is -3.09. The van der Waals surface area contributed by atoms with E-state index in [0.717, 1.165) is 18.0 Å². The molecule has 0 aliphatic carbocycles. The van der Waals surface area contributed by atoms with Crippen molar-refractivity contribution in [1.82, 2.24) is 4.98 Å². The lowest BCUT2D eigenvalue weighted by atomic mass is 10.4. The van der Waals surface area contributed by atoms with Crippen LogP contribution in [0.25, 0.3) is 0 Å². The van der Waals surface area contributed by atoms with Crippen molar-refractivity contribution in [1.29, 1.82) is 0 Å². The highest BCUT2D eigenvalue weighted by Gasteiger charge is 2.16. The molecule has 0 unspecified atom stereocenters. The highest BCUT2D eigenvalue weighted by atomic mass is 35.5. The number of sulfone groups is 1. The summed E-state index contributed by atoms with van der Waals surface area (Å²) < 4.78 is 21.8. The van der Waals surface area contributed by atoms with Crippen LogP contribution in [0.5, 0.6) is 0 Å². The van der Waals surface area contributed by atoms with Gasteiger partial charge in [0.2, 0.25) is 0 Å². The molecule has 0 saturated heterocycles. The van der Waals surface area contributed by atoms with E-state index in [1.165, 1.54) is 12.1 Å². The lowest BCUT2D eigenvalue weighted by molar-refractivity contribution is -0.388. The largest absolute Gasteiger partial charge is 0.301 e. The van der Waals surface area contributed by atoms with Gasteiger partial charge in [-0.15, -0.1) is 0 Å². The van der Waals surface area contributed by atoms with Crippen LogP contribution < -0.4 is 0 Å². The number of rotatable bonds is 5. The average molecular weight is 297 g/mol. The van der Waals surface area contributed by atoms with Crippen molar-refractivity contribution in [3.8, 4) is 0 Å². The van der Waals surface area contributed by atoms with Gasteiger partial charge in [-0.25, -0.2) is 13.4 Å². The minimum Gasteiger partial charge on any atom is -0.258 e. The Morgan fingerprint density at radius 2 is 2.18 bits per heavy atom. The second-order valence-electron chi connectivity index (χ2n) is 3.19. The van der Waals surface area contributed by atoms with Gasteiger partial charge in [0.25, 0.3) is 0 Å². The molecular formula is C8H9ClN2O4S2. The molecule has 0 amide bonds. The van der Waals surface area contributed by atoms with E-state index < -0.39 is 14.8 Å². The molecule has 17 heavy (non-hydrogen) atoms. The van der Waals surface area contributed by atoms with Gasteiger partial charge in [-0.05, 0) is 6.07 Å². The van der Waals surface area contributed by atoms with Crippen LogP contribution in [0.1, 0.15) is 0 Å². The van der Waals surface area contributed by atoms with E-state index in [1.54, 1.807) is 0 Å². The van der Waals surface area contributed by atoms with E-state index in [-0.39, 0.29) is 27.4 Å². The first-order valence-electron chi connectivity index (χ1n) is 4.41. The summed E-state index contributed by atoms with van der Waals surface area (Å²) in [4.78, 5) is 13.9. The van der Waals surface area contributed by atoms with E-state index in [9.17, 15) is 18.5 Å². The van der Waals surface area contributed by atoms with Gasteiger partial charge in [0.05, 0.1) is 10.7 Å². The van der Waals surface area contributed by atoms with E-state index in [2.05, 4.69) is 4.98 Å². The number of thioether (sulfide) groups is 1. The van der Waals surface area contributed by atoms with Gasteiger partial charge >= 0.3 is 5.69 Å². The molecular weight excluding hydrogens is 288 g/mol. The average Bonchev–Trinajstić information content (AvgIpc) is 2.15. The van der Waals surface area contributed by atoms with Crippen molar-refractivity contribution in [2.45, 2.75) is 5.03 Å². The van der Waals surface area contributed by atoms with Gasteiger partial charge in [-0.2, -0.15) is 0 Å². The van der Waals surface area contributed by atoms with Crippen LogP contribution in [0.2, 0.25) is 5.15 Å². The molecule has 1 aromatic rings. The molecule has 1 heterocycles. The topological polar surface area (TPSA) is 90.2 Å². The maximum absolute atomic E-state index is 10.9. The smallest absolute Gasteiger partial charge is 0.258 e. The van der Waals surface area contributed by atoms with Gasteiger partial charge in [0, 0.05) is 18.1 Å². The summed E-state index contributed by atoms with van der Waals surface area (Å²) in [5, 5.41) is 11.0. The van der Waals surface area contributed by atoms with Crippen LogP contribution in [0.4, 0.5) is 5.69 Å². The van der Waals surface area contributed by atoms with Gasteiger partial charge in [0.15, 0.2) is 5.03 Å². The molecule has 1 rings (SSSR count). The Kier molecular flexibility index (Phi) is 4.72. The molecule has 9 heteroatoms. The summed E-state index contributed by atoms with van der Waals surface area (Å²) in [6.45, 7) is 0. The zero-order valence-corrected chi connectivity index (χ0v) is 11.2. The second kappa shape index (κ2) is 5.65. The number of nitrogens with zero attached hydrogens (tertiary/aromatic N) is 2. The lowest BCUT2D eigenvalue weighted by Crippen LogP contribution is -2.05. The lowest BCUT2D eigenvalue weighted by Gasteiger charge is -2.01. The van der Waals surface area contributed by atoms with Crippen LogP contribution in [-0.4, -0.2) is 36.1 Å². The van der Waals surface area contributed by atoms with E-state index in [4.69, 9.17) is 11.6 Å². The Morgan fingerprint density at radius 1 is 1.53 bits per heavy atom. The fourth-order valence-electron chi connectivity index (χ4n) is 0.945. The maximum Gasteiger partial charge on any atom is 0.301 e. The summed E-state index contributed by atoms with van der Waals surface area (Å²) in [6.07, 6.45) is 1.10. The van der Waals surface area contributed by atoms with Gasteiger partial charge in [-0.3, -0.25) is 10.1 Å². The predicted octanol–water partition coefficient (Wildman–Crippen LogP) is 1.78.